The quantitative estimate of drug-likeness (QED) is 0.569. The van der Waals surface area contributed by atoms with E-state index in [1.54, 1.807) is 24.3 Å². The Morgan fingerprint density at radius 2 is 1.76 bits per heavy atom. The molecule has 0 aromatic heterocycles. The van der Waals surface area contributed by atoms with Gasteiger partial charge in [0.1, 0.15) is 17.8 Å². The molecular formula is C13H12O4. The van der Waals surface area contributed by atoms with Crippen LogP contribution in [0.25, 0.3) is 0 Å². The molecule has 1 atom stereocenters. The van der Waals surface area contributed by atoms with Crippen LogP contribution in [0.3, 0.4) is 0 Å². The van der Waals surface area contributed by atoms with Crippen molar-refractivity contribution in [1.29, 1.82) is 0 Å². The Morgan fingerprint density at radius 3 is 2.12 bits per heavy atom. The predicted molar refractivity (Wildman–Crippen MR) is 62.6 cm³/mol. The minimum atomic E-state index is -0.532. The highest BCUT2D eigenvalue weighted by Crippen LogP contribution is 2.14. The molecule has 0 spiro atoms. The molecule has 1 aromatic rings. The Labute approximate surface area is 98.5 Å². The van der Waals surface area contributed by atoms with Crippen molar-refractivity contribution in [3.8, 4) is 11.5 Å². The standard InChI is InChI=1S/C7H6O2.C6H6O2/c8-5-6-3-1-2-4-7(6)9;7-5-2-1-3-6(8)4-5/h1-6H;1-4,7-8H. The first-order chi connectivity index (χ1) is 8.13. The molecule has 88 valence electrons. The molecule has 1 aromatic carbocycles. The normalized spacial score (nSPS) is 17.2. The number of allylic oxidation sites excluding steroid dienone is 4. The summed E-state index contributed by atoms with van der Waals surface area (Å²) >= 11 is 0. The minimum Gasteiger partial charge on any atom is -0.508 e. The monoisotopic (exact) mass is 232 g/mol. The molecule has 1 aliphatic carbocycles. The zero-order valence-electron chi connectivity index (χ0n) is 8.98. The average Bonchev–Trinajstić information content (AvgIpc) is 2.30. The number of carbonyl (C=O) groups excluding carboxylic acids is 2. The van der Waals surface area contributed by atoms with E-state index < -0.39 is 5.92 Å². The van der Waals surface area contributed by atoms with Crippen LogP contribution in [0.1, 0.15) is 0 Å². The van der Waals surface area contributed by atoms with Gasteiger partial charge in [-0.25, -0.2) is 0 Å². The summed E-state index contributed by atoms with van der Waals surface area (Å²) in [5.74, 6) is -0.488. The molecule has 2 rings (SSSR count). The van der Waals surface area contributed by atoms with Gasteiger partial charge in [-0.3, -0.25) is 4.79 Å². The molecule has 4 nitrogen and oxygen atoms in total. The maximum atomic E-state index is 10.7. The molecule has 0 fully saturated rings. The zero-order valence-corrected chi connectivity index (χ0v) is 8.98. The topological polar surface area (TPSA) is 74.6 Å². The summed E-state index contributed by atoms with van der Waals surface area (Å²) in [6, 6.07) is 5.85. The van der Waals surface area contributed by atoms with Crippen molar-refractivity contribution < 1.29 is 19.8 Å². The number of aldehydes is 1. The van der Waals surface area contributed by atoms with Crippen molar-refractivity contribution in [1.82, 2.24) is 0 Å². The SMILES string of the molecule is O=CC1C=CC=CC1=O.Oc1cccc(O)c1. The summed E-state index contributed by atoms with van der Waals surface area (Å²) < 4.78 is 0. The van der Waals surface area contributed by atoms with Crippen molar-refractivity contribution in [3.63, 3.8) is 0 Å². The number of rotatable bonds is 1. The highest BCUT2D eigenvalue weighted by atomic mass is 16.3. The van der Waals surface area contributed by atoms with Crippen molar-refractivity contribution >= 4 is 12.1 Å². The van der Waals surface area contributed by atoms with Crippen LogP contribution in [-0.2, 0) is 9.59 Å². The van der Waals surface area contributed by atoms with Crippen LogP contribution in [0.4, 0.5) is 0 Å². The molecule has 2 N–H and O–H groups in total. The van der Waals surface area contributed by atoms with Gasteiger partial charge in [0.15, 0.2) is 5.78 Å². The number of hydrogen-bond donors (Lipinski definition) is 2. The number of ketones is 1. The molecule has 0 amide bonds. The second-order valence-electron chi connectivity index (χ2n) is 3.33. The maximum Gasteiger partial charge on any atom is 0.169 e. The molecule has 17 heavy (non-hydrogen) atoms. The number of aromatic hydroxyl groups is 2. The molecule has 0 saturated carbocycles. The lowest BCUT2D eigenvalue weighted by Crippen LogP contribution is -2.11. The van der Waals surface area contributed by atoms with Gasteiger partial charge in [-0.15, -0.1) is 0 Å². The number of phenols is 2. The van der Waals surface area contributed by atoms with Gasteiger partial charge in [-0.2, -0.15) is 0 Å². The Balaban J connectivity index is 0.000000171. The smallest absolute Gasteiger partial charge is 0.169 e. The average molecular weight is 232 g/mol. The highest BCUT2D eigenvalue weighted by molar-refractivity contribution is 6.03. The van der Waals surface area contributed by atoms with Gasteiger partial charge >= 0.3 is 0 Å². The molecule has 0 radical (unpaired) electrons. The molecule has 0 aliphatic heterocycles. The third kappa shape index (κ3) is 4.34. The van der Waals surface area contributed by atoms with E-state index in [1.807, 2.05) is 0 Å². The van der Waals surface area contributed by atoms with E-state index in [-0.39, 0.29) is 17.3 Å². The molecule has 0 bridgehead atoms. The summed E-state index contributed by atoms with van der Waals surface area (Å²) in [6.45, 7) is 0. The lowest BCUT2D eigenvalue weighted by molar-refractivity contribution is -0.122. The molecule has 0 heterocycles. The summed E-state index contributed by atoms with van der Waals surface area (Å²) in [4.78, 5) is 20.7. The van der Waals surface area contributed by atoms with E-state index >= 15 is 0 Å². The fourth-order valence-corrected chi connectivity index (χ4v) is 1.15. The molecule has 1 aliphatic rings. The van der Waals surface area contributed by atoms with Gasteiger partial charge < -0.3 is 15.0 Å². The summed E-state index contributed by atoms with van der Waals surface area (Å²) in [5, 5.41) is 17.3. The van der Waals surface area contributed by atoms with Crippen molar-refractivity contribution in [2.24, 2.45) is 5.92 Å². The summed E-state index contributed by atoms with van der Waals surface area (Å²) in [7, 11) is 0. The van der Waals surface area contributed by atoms with Gasteiger partial charge in [0.25, 0.3) is 0 Å². The van der Waals surface area contributed by atoms with Crippen LogP contribution in [0.5, 0.6) is 11.5 Å². The van der Waals surface area contributed by atoms with Gasteiger partial charge in [0.2, 0.25) is 0 Å². The fraction of sp³-hybridized carbons (Fsp3) is 0.0769. The first-order valence-corrected chi connectivity index (χ1v) is 4.95. The minimum absolute atomic E-state index is 0.0880. The second kappa shape index (κ2) is 6.27. The van der Waals surface area contributed by atoms with E-state index in [0.29, 0.717) is 6.29 Å². The Morgan fingerprint density at radius 1 is 1.12 bits per heavy atom. The largest absolute Gasteiger partial charge is 0.508 e. The van der Waals surface area contributed by atoms with E-state index in [4.69, 9.17) is 10.2 Å². The maximum absolute atomic E-state index is 10.7. The van der Waals surface area contributed by atoms with Crippen LogP contribution < -0.4 is 0 Å². The predicted octanol–water partition coefficient (Wildman–Crippen LogP) is 1.59. The van der Waals surface area contributed by atoms with Gasteiger partial charge in [0, 0.05) is 6.07 Å². The number of hydrogen-bond acceptors (Lipinski definition) is 4. The lowest BCUT2D eigenvalue weighted by Gasteiger charge is -2.00. The first kappa shape index (κ1) is 12.7. The third-order valence-electron chi connectivity index (χ3n) is 1.99. The Hall–Kier alpha value is -2.36. The number of phenolic OH excluding ortho intramolecular Hbond substituents is 2. The molecule has 4 heteroatoms. The Kier molecular flexibility index (Phi) is 4.69. The molecule has 0 saturated heterocycles. The van der Waals surface area contributed by atoms with E-state index in [0.717, 1.165) is 0 Å². The lowest BCUT2D eigenvalue weighted by atomic mass is 10.0. The number of carbonyl (C=O) groups is 2. The highest BCUT2D eigenvalue weighted by Gasteiger charge is 2.11. The second-order valence-corrected chi connectivity index (χ2v) is 3.33. The third-order valence-corrected chi connectivity index (χ3v) is 1.99. The molecular weight excluding hydrogens is 220 g/mol. The summed E-state index contributed by atoms with van der Waals surface area (Å²) in [5.41, 5.74) is 0. The van der Waals surface area contributed by atoms with E-state index in [1.165, 1.54) is 24.3 Å². The van der Waals surface area contributed by atoms with Crippen molar-refractivity contribution in [2.45, 2.75) is 0 Å². The van der Waals surface area contributed by atoms with Gasteiger partial charge in [0.05, 0.1) is 5.92 Å². The van der Waals surface area contributed by atoms with Crippen LogP contribution in [0, 0.1) is 5.92 Å². The first-order valence-electron chi connectivity index (χ1n) is 4.95. The van der Waals surface area contributed by atoms with Crippen LogP contribution >= 0.6 is 0 Å². The zero-order chi connectivity index (χ0) is 12.7. The van der Waals surface area contributed by atoms with Gasteiger partial charge in [-0.05, 0) is 18.2 Å². The van der Waals surface area contributed by atoms with Crippen LogP contribution in [0.15, 0.2) is 48.6 Å². The van der Waals surface area contributed by atoms with E-state index in [2.05, 4.69) is 0 Å². The van der Waals surface area contributed by atoms with Crippen molar-refractivity contribution in [3.05, 3.63) is 48.6 Å². The Bertz CT molecular complexity index is 443. The van der Waals surface area contributed by atoms with Crippen LogP contribution in [-0.4, -0.2) is 22.3 Å². The summed E-state index contributed by atoms with van der Waals surface area (Å²) in [6.07, 6.45) is 6.94. The van der Waals surface area contributed by atoms with Gasteiger partial charge in [-0.1, -0.05) is 24.3 Å². The number of benzene rings is 1. The van der Waals surface area contributed by atoms with E-state index in [9.17, 15) is 9.59 Å². The molecule has 1 unspecified atom stereocenters. The fourth-order valence-electron chi connectivity index (χ4n) is 1.15. The van der Waals surface area contributed by atoms with Crippen molar-refractivity contribution in [2.75, 3.05) is 0 Å². The van der Waals surface area contributed by atoms with Crippen LogP contribution in [0.2, 0.25) is 0 Å².